The van der Waals surface area contributed by atoms with Crippen molar-refractivity contribution in [3.05, 3.63) is 114 Å². The molecular weight excluding hydrogens is 468 g/mol. The number of hydrogen-bond donors (Lipinski definition) is 0. The first kappa shape index (κ1) is 22.6. The van der Waals surface area contributed by atoms with Crippen LogP contribution in [0, 0.1) is 0 Å². The highest BCUT2D eigenvalue weighted by atomic mass is 16.5. The predicted octanol–water partition coefficient (Wildman–Crippen LogP) is 8.75. The number of benzene rings is 7. The summed E-state index contributed by atoms with van der Waals surface area (Å²) >= 11 is 0. The monoisotopic (exact) mass is 494 g/mol. The van der Waals surface area contributed by atoms with Gasteiger partial charge in [-0.15, -0.1) is 0 Å². The number of carbonyl (C=O) groups is 1. The molecule has 1 unspecified atom stereocenters. The van der Waals surface area contributed by atoms with Crippen LogP contribution in [0.5, 0.6) is 5.75 Å². The van der Waals surface area contributed by atoms with Crippen molar-refractivity contribution >= 4 is 59.8 Å². The molecule has 0 aliphatic rings. The lowest BCUT2D eigenvalue weighted by atomic mass is 9.88. The minimum Gasteiger partial charge on any atom is -0.497 e. The molecule has 7 aromatic carbocycles. The molecule has 0 heterocycles. The molecule has 0 saturated heterocycles. The molecule has 0 fully saturated rings. The zero-order chi connectivity index (χ0) is 25.8. The van der Waals surface area contributed by atoms with Gasteiger partial charge in [0.25, 0.3) is 0 Å². The van der Waals surface area contributed by atoms with Crippen LogP contribution in [-0.4, -0.2) is 13.1 Å². The lowest BCUT2D eigenvalue weighted by Gasteiger charge is -2.17. The second-order valence-electron chi connectivity index (χ2n) is 10.0. The van der Waals surface area contributed by atoms with E-state index in [1.54, 1.807) is 7.11 Å². The van der Waals surface area contributed by atoms with Gasteiger partial charge in [-0.25, -0.2) is 0 Å². The average molecular weight is 495 g/mol. The van der Waals surface area contributed by atoms with Gasteiger partial charge in [0.15, 0.2) is 0 Å². The van der Waals surface area contributed by atoms with Crippen LogP contribution in [0.2, 0.25) is 0 Å². The largest absolute Gasteiger partial charge is 0.497 e. The quantitative estimate of drug-likeness (QED) is 0.136. The maximum Gasteiger partial charge on any atom is 0.313 e. The van der Waals surface area contributed by atoms with Crippen LogP contribution in [0.3, 0.4) is 0 Å². The highest BCUT2D eigenvalue weighted by Crippen LogP contribution is 2.41. The fraction of sp³-hybridized carbons (Fsp3) is 0.114. The van der Waals surface area contributed by atoms with Gasteiger partial charge in [0.1, 0.15) is 12.4 Å². The van der Waals surface area contributed by atoms with E-state index in [0.717, 1.165) is 33.0 Å². The summed E-state index contributed by atoms with van der Waals surface area (Å²) in [5, 5.41) is 12.0. The Labute approximate surface area is 220 Å². The van der Waals surface area contributed by atoms with E-state index in [0.29, 0.717) is 0 Å². The second-order valence-corrected chi connectivity index (χ2v) is 10.0. The lowest BCUT2D eigenvalue weighted by molar-refractivity contribution is -0.146. The molecule has 0 aromatic heterocycles. The van der Waals surface area contributed by atoms with E-state index in [1.807, 2.05) is 37.3 Å². The van der Waals surface area contributed by atoms with Crippen molar-refractivity contribution in [3.63, 3.8) is 0 Å². The number of carbonyl (C=O) groups excluding carboxylic acids is 1. The molecule has 0 radical (unpaired) electrons. The van der Waals surface area contributed by atoms with Crippen LogP contribution >= 0.6 is 0 Å². The van der Waals surface area contributed by atoms with Gasteiger partial charge >= 0.3 is 5.97 Å². The molecule has 0 aliphatic heterocycles. The Morgan fingerprint density at radius 3 is 2.05 bits per heavy atom. The number of fused-ring (bicyclic) bond motifs is 3. The summed E-state index contributed by atoms with van der Waals surface area (Å²) in [5.41, 5.74) is 1.96. The zero-order valence-electron chi connectivity index (χ0n) is 21.3. The highest BCUT2D eigenvalue weighted by molar-refractivity contribution is 6.33. The Hall–Kier alpha value is -4.63. The third kappa shape index (κ3) is 3.47. The molecule has 0 N–H and O–H groups in total. The van der Waals surface area contributed by atoms with Gasteiger partial charge in [0.05, 0.1) is 13.0 Å². The molecule has 3 nitrogen and oxygen atoms in total. The van der Waals surface area contributed by atoms with Crippen LogP contribution < -0.4 is 4.74 Å². The van der Waals surface area contributed by atoms with E-state index < -0.39 is 0 Å². The second kappa shape index (κ2) is 8.74. The van der Waals surface area contributed by atoms with Crippen LogP contribution in [-0.2, 0) is 16.1 Å². The number of esters is 1. The summed E-state index contributed by atoms with van der Waals surface area (Å²) in [6, 6.07) is 35.8. The Morgan fingerprint density at radius 1 is 0.658 bits per heavy atom. The molecule has 7 aromatic rings. The van der Waals surface area contributed by atoms with Crippen molar-refractivity contribution < 1.29 is 14.3 Å². The first-order valence-corrected chi connectivity index (χ1v) is 12.9. The molecule has 3 heteroatoms. The molecule has 0 bridgehead atoms. The highest BCUT2D eigenvalue weighted by Gasteiger charge is 2.19. The molecule has 38 heavy (non-hydrogen) atoms. The van der Waals surface area contributed by atoms with Crippen LogP contribution in [0.4, 0.5) is 0 Å². The van der Waals surface area contributed by atoms with E-state index in [1.165, 1.54) is 37.7 Å². The molecule has 0 aliphatic carbocycles. The first-order valence-electron chi connectivity index (χ1n) is 12.9. The smallest absolute Gasteiger partial charge is 0.313 e. The Morgan fingerprint density at radius 2 is 1.29 bits per heavy atom. The molecular formula is C35H26O3. The van der Waals surface area contributed by atoms with Crippen LogP contribution in [0.1, 0.15) is 24.0 Å². The molecule has 0 spiro atoms. The van der Waals surface area contributed by atoms with Crippen molar-refractivity contribution in [2.75, 3.05) is 7.11 Å². The van der Waals surface area contributed by atoms with Crippen LogP contribution in [0.15, 0.2) is 103 Å². The minimum atomic E-state index is -0.369. The molecule has 0 saturated carbocycles. The van der Waals surface area contributed by atoms with E-state index in [4.69, 9.17) is 9.47 Å². The lowest BCUT2D eigenvalue weighted by Crippen LogP contribution is -2.13. The topological polar surface area (TPSA) is 35.5 Å². The molecule has 7 rings (SSSR count). The Balaban J connectivity index is 1.22. The number of ether oxygens (including phenoxy) is 2. The standard InChI is InChI=1S/C35H26O3/c1-21(23-12-13-25-19-27(37-2)16-14-24(25)18-23)35(36)38-20-26-15-17-32-30-10-4-7-22-6-3-9-29(33(22)30)31-11-5-8-28(26)34(31)32/h3-19,21H,20H2,1-2H3. The third-order valence-electron chi connectivity index (χ3n) is 7.91. The van der Waals surface area contributed by atoms with Gasteiger partial charge in [-0.3, -0.25) is 4.79 Å². The van der Waals surface area contributed by atoms with Gasteiger partial charge in [0, 0.05) is 0 Å². The Bertz CT molecular complexity index is 1950. The Kier molecular flexibility index (Phi) is 5.19. The molecule has 0 amide bonds. The number of rotatable bonds is 5. The fourth-order valence-corrected chi connectivity index (χ4v) is 5.88. The van der Waals surface area contributed by atoms with Crippen molar-refractivity contribution in [2.45, 2.75) is 19.4 Å². The zero-order valence-corrected chi connectivity index (χ0v) is 21.3. The van der Waals surface area contributed by atoms with Gasteiger partial charge in [-0.1, -0.05) is 91.0 Å². The van der Waals surface area contributed by atoms with Gasteiger partial charge < -0.3 is 9.47 Å². The average Bonchev–Trinajstić information content (AvgIpc) is 2.97. The summed E-state index contributed by atoms with van der Waals surface area (Å²) in [5.74, 6) is 0.221. The maximum atomic E-state index is 13.1. The maximum absolute atomic E-state index is 13.1. The summed E-state index contributed by atoms with van der Waals surface area (Å²) in [6.07, 6.45) is 0. The van der Waals surface area contributed by atoms with Crippen molar-refractivity contribution in [1.29, 1.82) is 0 Å². The van der Waals surface area contributed by atoms with Crippen molar-refractivity contribution in [3.8, 4) is 5.75 Å². The van der Waals surface area contributed by atoms with E-state index in [-0.39, 0.29) is 18.5 Å². The number of methoxy groups -OCH3 is 1. The van der Waals surface area contributed by atoms with Crippen molar-refractivity contribution in [2.24, 2.45) is 0 Å². The third-order valence-corrected chi connectivity index (χ3v) is 7.91. The normalized spacial score (nSPS) is 12.6. The van der Waals surface area contributed by atoms with Crippen molar-refractivity contribution in [1.82, 2.24) is 0 Å². The fourth-order valence-electron chi connectivity index (χ4n) is 5.88. The summed E-state index contributed by atoms with van der Waals surface area (Å²) in [6.45, 7) is 2.14. The van der Waals surface area contributed by atoms with E-state index in [9.17, 15) is 4.79 Å². The van der Waals surface area contributed by atoms with Crippen LogP contribution in [0.25, 0.3) is 53.9 Å². The van der Waals surface area contributed by atoms with Gasteiger partial charge in [0.2, 0.25) is 0 Å². The molecule has 1 atom stereocenters. The summed E-state index contributed by atoms with van der Waals surface area (Å²) in [4.78, 5) is 13.1. The van der Waals surface area contributed by atoms with Gasteiger partial charge in [-0.2, -0.15) is 0 Å². The summed E-state index contributed by atoms with van der Waals surface area (Å²) in [7, 11) is 1.66. The predicted molar refractivity (Wildman–Crippen MR) is 156 cm³/mol. The first-order chi connectivity index (χ1) is 18.6. The van der Waals surface area contributed by atoms with E-state index in [2.05, 4.69) is 72.8 Å². The minimum absolute atomic E-state index is 0.228. The molecule has 184 valence electrons. The summed E-state index contributed by atoms with van der Waals surface area (Å²) < 4.78 is 11.2. The van der Waals surface area contributed by atoms with Gasteiger partial charge in [-0.05, 0) is 84.0 Å². The SMILES string of the molecule is COc1ccc2cc(C(C)C(=O)OCc3ccc4c5cccc6cccc(c7cccc3c74)c65)ccc2c1. The van der Waals surface area contributed by atoms with E-state index >= 15 is 0 Å². The number of hydrogen-bond acceptors (Lipinski definition) is 3.